The van der Waals surface area contributed by atoms with Gasteiger partial charge in [0, 0.05) is 93.6 Å². The number of hydrogen-bond donors (Lipinski definition) is 3. The van der Waals surface area contributed by atoms with E-state index in [1.165, 1.54) is 15.8 Å². The van der Waals surface area contributed by atoms with Gasteiger partial charge in [-0.3, -0.25) is 39.1 Å². The molecule has 65 heavy (non-hydrogen) atoms. The van der Waals surface area contributed by atoms with Crippen LogP contribution in [0.15, 0.2) is 71.9 Å². The number of aromatic nitrogens is 4. The van der Waals surface area contributed by atoms with Crippen molar-refractivity contribution in [2.45, 2.75) is 90.7 Å². The van der Waals surface area contributed by atoms with E-state index >= 15 is 0 Å². The van der Waals surface area contributed by atoms with Crippen molar-refractivity contribution in [3.8, 4) is 11.1 Å². The molecular weight excluding hydrogens is 825 g/mol. The number of fused-ring (bicyclic) bond motifs is 4. The number of nitrogens with one attached hydrogen (secondary N) is 2. The molecule has 0 spiro atoms. The van der Waals surface area contributed by atoms with Crippen LogP contribution in [0.25, 0.3) is 11.1 Å². The summed E-state index contributed by atoms with van der Waals surface area (Å²) in [4.78, 5) is 82.2. The number of aliphatic hydroxyl groups is 1. The van der Waals surface area contributed by atoms with Gasteiger partial charge in [0.15, 0.2) is 0 Å². The summed E-state index contributed by atoms with van der Waals surface area (Å²) < 4.78 is 3.66. The Bertz CT molecular complexity index is 2820. The van der Waals surface area contributed by atoms with Crippen molar-refractivity contribution in [3.63, 3.8) is 0 Å². The van der Waals surface area contributed by atoms with E-state index in [1.54, 1.807) is 41.4 Å². The molecule has 5 aliphatic rings. The SMILES string of the molecule is CN(Cc1ccc2c(c1)C(=O)N(C1CCC(=O)NC1=O)C2)C1CCN(c2ccc(Nc3cc(-c4ccnc(N5CCn6c(cc7c6CC(C)(C)C7)C5=O)c4CO)cn(C)c3=O)nc2)CC1. The first-order chi connectivity index (χ1) is 31.2. The minimum absolute atomic E-state index is 0.133. The second-order valence-electron chi connectivity index (χ2n) is 19.1. The molecule has 1 aromatic carbocycles. The van der Waals surface area contributed by atoms with Crippen molar-refractivity contribution < 1.29 is 24.3 Å². The summed E-state index contributed by atoms with van der Waals surface area (Å²) in [5.74, 6) is -0.0676. The molecule has 2 fully saturated rings. The number of carbonyl (C=O) groups excluding carboxylic acids is 4. The zero-order valence-corrected chi connectivity index (χ0v) is 37.3. The van der Waals surface area contributed by atoms with Gasteiger partial charge in [-0.25, -0.2) is 9.97 Å². The van der Waals surface area contributed by atoms with E-state index in [2.05, 4.69) is 56.9 Å². The molecule has 8 heterocycles. The van der Waals surface area contributed by atoms with Gasteiger partial charge in [-0.1, -0.05) is 26.0 Å². The molecular formula is C49H54N10O6. The predicted octanol–water partition coefficient (Wildman–Crippen LogP) is 4.53. The number of hydrogen-bond acceptors (Lipinski definition) is 11. The van der Waals surface area contributed by atoms with Gasteiger partial charge in [0.2, 0.25) is 11.8 Å². The molecule has 10 rings (SSSR count). The third-order valence-electron chi connectivity index (χ3n) is 14.1. The maximum absolute atomic E-state index is 14.0. The first-order valence-corrected chi connectivity index (χ1v) is 22.5. The number of anilines is 4. The zero-order valence-electron chi connectivity index (χ0n) is 37.3. The molecule has 4 aromatic heterocycles. The van der Waals surface area contributed by atoms with Gasteiger partial charge < -0.3 is 29.4 Å². The van der Waals surface area contributed by atoms with E-state index in [0.29, 0.717) is 83.9 Å². The van der Waals surface area contributed by atoms with Gasteiger partial charge in [0.1, 0.15) is 29.1 Å². The second-order valence-corrected chi connectivity index (χ2v) is 19.1. The zero-order chi connectivity index (χ0) is 45.3. The summed E-state index contributed by atoms with van der Waals surface area (Å²) in [6.07, 6.45) is 9.53. The number of pyridine rings is 3. The predicted molar refractivity (Wildman–Crippen MR) is 245 cm³/mol. The first-order valence-electron chi connectivity index (χ1n) is 22.5. The highest BCUT2D eigenvalue weighted by atomic mass is 16.3. The highest BCUT2D eigenvalue weighted by molar-refractivity contribution is 6.07. The van der Waals surface area contributed by atoms with Crippen LogP contribution >= 0.6 is 0 Å². The van der Waals surface area contributed by atoms with Crippen LogP contribution in [0, 0.1) is 5.41 Å². The van der Waals surface area contributed by atoms with Crippen LogP contribution in [0.1, 0.15) is 88.3 Å². The van der Waals surface area contributed by atoms with Crippen LogP contribution in [0.5, 0.6) is 0 Å². The van der Waals surface area contributed by atoms with Crippen molar-refractivity contribution in [1.29, 1.82) is 0 Å². The maximum Gasteiger partial charge on any atom is 0.276 e. The van der Waals surface area contributed by atoms with Crippen LogP contribution in [-0.2, 0) is 55.7 Å². The molecule has 1 unspecified atom stereocenters. The number of benzene rings is 1. The number of nitrogens with zero attached hydrogens (tertiary/aromatic N) is 8. The molecule has 1 aliphatic carbocycles. The number of carbonyl (C=O) groups is 4. The fraction of sp³-hybridized carbons (Fsp3) is 0.408. The Hall–Kier alpha value is -6.65. The lowest BCUT2D eigenvalue weighted by atomic mass is 9.90. The maximum atomic E-state index is 14.0. The van der Waals surface area contributed by atoms with E-state index in [1.807, 2.05) is 36.5 Å². The van der Waals surface area contributed by atoms with Crippen LogP contribution in [0.3, 0.4) is 0 Å². The smallest absolute Gasteiger partial charge is 0.276 e. The molecule has 4 aliphatic heterocycles. The standard InChI is InChI=1S/C49H54N10O6/c1-49(2)22-31-21-40-48(65)58(18-17-57(40)41(31)23-49)44-37(28-60)35(11-14-50-44)32-20-38(47(64)55(4)26-32)52-42-9-7-34(24-51-42)56-15-12-33(13-16-56)54(3)25-29-5-6-30-27-59(46(63)36(30)19-29)39-8-10-43(61)53-45(39)62/h5-7,9,11,14,19-21,24,26,33,39,60H,8,10,12-13,15-18,22-23,25,27-28H2,1-4H3,(H,51,52)(H,53,61,62). The molecule has 1 atom stereocenters. The van der Waals surface area contributed by atoms with Gasteiger partial charge in [0.25, 0.3) is 17.4 Å². The fourth-order valence-corrected chi connectivity index (χ4v) is 10.7. The molecule has 3 N–H and O–H groups in total. The third-order valence-corrected chi connectivity index (χ3v) is 14.1. The van der Waals surface area contributed by atoms with E-state index in [9.17, 15) is 29.1 Å². The van der Waals surface area contributed by atoms with E-state index in [0.717, 1.165) is 55.6 Å². The van der Waals surface area contributed by atoms with Crippen LogP contribution < -0.4 is 26.0 Å². The summed E-state index contributed by atoms with van der Waals surface area (Å²) in [6.45, 7) is 7.99. The molecule has 5 aromatic rings. The Kier molecular flexibility index (Phi) is 10.7. The molecule has 4 amide bonds. The lowest BCUT2D eigenvalue weighted by molar-refractivity contribution is -0.136. The summed E-state index contributed by atoms with van der Waals surface area (Å²) in [7, 11) is 3.80. The lowest BCUT2D eigenvalue weighted by Crippen LogP contribution is -2.52. The highest BCUT2D eigenvalue weighted by Gasteiger charge is 2.40. The summed E-state index contributed by atoms with van der Waals surface area (Å²) in [5.41, 5.74) is 8.81. The fourth-order valence-electron chi connectivity index (χ4n) is 10.7. The minimum atomic E-state index is -0.628. The average Bonchev–Trinajstić information content (AvgIpc) is 3.91. The number of amides is 4. The van der Waals surface area contributed by atoms with Crippen molar-refractivity contribution in [1.82, 2.24) is 34.2 Å². The van der Waals surface area contributed by atoms with Gasteiger partial charge in [-0.05, 0) is 103 Å². The average molecular weight is 879 g/mol. The van der Waals surface area contributed by atoms with Gasteiger partial charge in [-0.2, -0.15) is 0 Å². The second kappa shape index (κ2) is 16.4. The first kappa shape index (κ1) is 42.3. The summed E-state index contributed by atoms with van der Waals surface area (Å²) in [6, 6.07) is 15.2. The lowest BCUT2D eigenvalue weighted by Gasteiger charge is -2.37. The van der Waals surface area contributed by atoms with Crippen molar-refractivity contribution in [2.75, 3.05) is 41.8 Å². The van der Waals surface area contributed by atoms with Gasteiger partial charge >= 0.3 is 0 Å². The molecule has 0 saturated carbocycles. The van der Waals surface area contributed by atoms with Gasteiger partial charge in [-0.15, -0.1) is 0 Å². The molecule has 16 nitrogen and oxygen atoms in total. The number of imide groups is 1. The minimum Gasteiger partial charge on any atom is -0.392 e. The normalized spacial score (nSPS) is 19.5. The number of piperidine rings is 2. The van der Waals surface area contributed by atoms with E-state index < -0.39 is 11.9 Å². The third kappa shape index (κ3) is 7.77. The van der Waals surface area contributed by atoms with Crippen LogP contribution in [0.4, 0.5) is 23.0 Å². The number of rotatable bonds is 10. The van der Waals surface area contributed by atoms with Crippen LogP contribution in [0.2, 0.25) is 0 Å². The Morgan fingerprint density at radius 3 is 2.46 bits per heavy atom. The summed E-state index contributed by atoms with van der Waals surface area (Å²) >= 11 is 0. The Morgan fingerprint density at radius 1 is 0.892 bits per heavy atom. The Labute approximate surface area is 376 Å². The van der Waals surface area contributed by atoms with E-state index in [4.69, 9.17) is 4.98 Å². The summed E-state index contributed by atoms with van der Waals surface area (Å²) in [5, 5.41) is 16.4. The molecule has 0 radical (unpaired) electrons. The number of aryl methyl sites for hydroxylation is 1. The Morgan fingerprint density at radius 2 is 1.71 bits per heavy atom. The topological polar surface area (TPSA) is 178 Å². The molecule has 2 saturated heterocycles. The van der Waals surface area contributed by atoms with E-state index in [-0.39, 0.29) is 41.7 Å². The van der Waals surface area contributed by atoms with Gasteiger partial charge in [0.05, 0.1) is 18.5 Å². The number of aliphatic hydroxyl groups excluding tert-OH is 1. The molecule has 0 bridgehead atoms. The largest absolute Gasteiger partial charge is 0.392 e. The Balaban J connectivity index is 0.776. The van der Waals surface area contributed by atoms with Crippen LogP contribution in [-0.4, -0.2) is 96.4 Å². The monoisotopic (exact) mass is 878 g/mol. The van der Waals surface area contributed by atoms with Crippen molar-refractivity contribution in [3.05, 3.63) is 117 Å². The van der Waals surface area contributed by atoms with Crippen molar-refractivity contribution >= 4 is 46.6 Å². The molecule has 336 valence electrons. The molecule has 16 heteroatoms. The quantitative estimate of drug-likeness (QED) is 0.168. The highest BCUT2D eigenvalue weighted by Crippen LogP contribution is 2.40. The van der Waals surface area contributed by atoms with Crippen molar-refractivity contribution in [2.24, 2.45) is 12.5 Å².